The van der Waals surface area contributed by atoms with Crippen molar-refractivity contribution >= 4 is 11.0 Å². The van der Waals surface area contributed by atoms with Crippen LogP contribution in [0.15, 0.2) is 23.0 Å². The van der Waals surface area contributed by atoms with Crippen LogP contribution in [0.4, 0.5) is 13.2 Å². The van der Waals surface area contributed by atoms with E-state index in [0.717, 1.165) is 32.0 Å². The van der Waals surface area contributed by atoms with Gasteiger partial charge in [0.05, 0.1) is 22.6 Å². The first-order valence-electron chi connectivity index (χ1n) is 7.44. The molecule has 0 aliphatic carbocycles. The Balaban J connectivity index is 2.11. The standard InChI is InChI=1S/C15H18F3N3O/c1-2-20-8-4-5-10(9-20)21-12-7-3-6-11(15(16,17)18)13(12)19-14(21)22/h3,6-7,10H,2,4-5,8-9H2,1H3,(H,19,22). The van der Waals surface area contributed by atoms with Gasteiger partial charge in [-0.05, 0) is 38.1 Å². The molecule has 7 heteroatoms. The van der Waals surface area contributed by atoms with Gasteiger partial charge in [0.1, 0.15) is 0 Å². The lowest BCUT2D eigenvalue weighted by Crippen LogP contribution is -2.38. The summed E-state index contributed by atoms with van der Waals surface area (Å²) in [5, 5.41) is 0. The molecule has 1 saturated heterocycles. The van der Waals surface area contributed by atoms with Gasteiger partial charge in [-0.3, -0.25) is 4.57 Å². The van der Waals surface area contributed by atoms with E-state index in [2.05, 4.69) is 9.88 Å². The van der Waals surface area contributed by atoms with E-state index in [0.29, 0.717) is 12.1 Å². The first-order valence-corrected chi connectivity index (χ1v) is 7.44. The molecular formula is C15H18F3N3O. The van der Waals surface area contributed by atoms with E-state index in [9.17, 15) is 18.0 Å². The number of benzene rings is 1. The molecule has 0 saturated carbocycles. The Morgan fingerprint density at radius 1 is 1.36 bits per heavy atom. The van der Waals surface area contributed by atoms with Crippen molar-refractivity contribution in [1.82, 2.24) is 14.5 Å². The van der Waals surface area contributed by atoms with Gasteiger partial charge in [0.15, 0.2) is 0 Å². The average Bonchev–Trinajstić information content (AvgIpc) is 2.81. The van der Waals surface area contributed by atoms with Crippen molar-refractivity contribution < 1.29 is 13.2 Å². The Labute approximate surface area is 125 Å². The minimum Gasteiger partial charge on any atom is -0.305 e. The number of nitrogens with one attached hydrogen (secondary N) is 1. The van der Waals surface area contributed by atoms with Crippen LogP contribution in [0.2, 0.25) is 0 Å². The molecule has 1 atom stereocenters. The van der Waals surface area contributed by atoms with Crippen LogP contribution in [0.3, 0.4) is 0 Å². The summed E-state index contributed by atoms with van der Waals surface area (Å²) in [5.41, 5.74) is -1.03. The molecule has 4 nitrogen and oxygen atoms in total. The second kappa shape index (κ2) is 5.46. The second-order valence-electron chi connectivity index (χ2n) is 5.69. The summed E-state index contributed by atoms with van der Waals surface area (Å²) in [7, 11) is 0. The number of halogens is 3. The highest BCUT2D eigenvalue weighted by molar-refractivity contribution is 5.79. The number of piperidine rings is 1. The molecule has 1 fully saturated rings. The normalized spacial score (nSPS) is 20.6. The predicted molar refractivity (Wildman–Crippen MR) is 77.9 cm³/mol. The Morgan fingerprint density at radius 3 is 2.82 bits per heavy atom. The zero-order chi connectivity index (χ0) is 15.9. The van der Waals surface area contributed by atoms with Crippen LogP contribution < -0.4 is 5.69 Å². The molecule has 1 unspecified atom stereocenters. The number of alkyl halides is 3. The summed E-state index contributed by atoms with van der Waals surface area (Å²) in [6, 6.07) is 3.85. The lowest BCUT2D eigenvalue weighted by atomic mass is 10.1. The third kappa shape index (κ3) is 2.54. The molecule has 0 bridgehead atoms. The van der Waals surface area contributed by atoms with E-state index >= 15 is 0 Å². The molecular weight excluding hydrogens is 295 g/mol. The highest BCUT2D eigenvalue weighted by atomic mass is 19.4. The number of H-pyrrole nitrogens is 1. The molecule has 2 aromatic rings. The van der Waals surface area contributed by atoms with Gasteiger partial charge in [0, 0.05) is 6.54 Å². The Morgan fingerprint density at radius 2 is 2.14 bits per heavy atom. The minimum atomic E-state index is -4.48. The number of para-hydroxylation sites is 1. The number of aromatic amines is 1. The van der Waals surface area contributed by atoms with Crippen molar-refractivity contribution in [3.05, 3.63) is 34.2 Å². The maximum absolute atomic E-state index is 13.1. The SMILES string of the molecule is CCN1CCCC(n2c(=O)[nH]c3c(C(F)(F)F)cccc32)C1. The van der Waals surface area contributed by atoms with Gasteiger partial charge < -0.3 is 9.88 Å². The van der Waals surface area contributed by atoms with Crippen molar-refractivity contribution in [1.29, 1.82) is 0 Å². The Hall–Kier alpha value is -1.76. The molecule has 1 aliphatic rings. The van der Waals surface area contributed by atoms with Gasteiger partial charge in [0.2, 0.25) is 0 Å². The molecule has 2 heterocycles. The first kappa shape index (κ1) is 15.1. The van der Waals surface area contributed by atoms with E-state index in [1.807, 2.05) is 6.92 Å². The van der Waals surface area contributed by atoms with Gasteiger partial charge >= 0.3 is 11.9 Å². The van der Waals surface area contributed by atoms with Crippen LogP contribution >= 0.6 is 0 Å². The van der Waals surface area contributed by atoms with Crippen molar-refractivity contribution in [2.75, 3.05) is 19.6 Å². The Bertz CT molecular complexity index is 732. The summed E-state index contributed by atoms with van der Waals surface area (Å²) in [5.74, 6) is 0. The predicted octanol–water partition coefficient (Wildman–Crippen LogP) is 3.01. The van der Waals surface area contributed by atoms with Gasteiger partial charge in [-0.2, -0.15) is 13.2 Å². The summed E-state index contributed by atoms with van der Waals surface area (Å²) >= 11 is 0. The summed E-state index contributed by atoms with van der Waals surface area (Å²) < 4.78 is 40.7. The number of likely N-dealkylation sites (tertiary alicyclic amines) is 1. The molecule has 0 radical (unpaired) electrons. The topological polar surface area (TPSA) is 41.0 Å². The number of rotatable bonds is 2. The molecule has 1 N–H and O–H groups in total. The van der Waals surface area contributed by atoms with Crippen LogP contribution in [0.25, 0.3) is 11.0 Å². The van der Waals surface area contributed by atoms with Crippen molar-refractivity contribution in [2.24, 2.45) is 0 Å². The van der Waals surface area contributed by atoms with Crippen LogP contribution in [0, 0.1) is 0 Å². The van der Waals surface area contributed by atoms with Crippen LogP contribution in [0.1, 0.15) is 31.4 Å². The summed E-state index contributed by atoms with van der Waals surface area (Å²) in [4.78, 5) is 16.9. The minimum absolute atomic E-state index is 0.0848. The molecule has 0 amide bonds. The maximum atomic E-state index is 13.1. The molecule has 3 rings (SSSR count). The van der Waals surface area contributed by atoms with E-state index in [1.165, 1.54) is 10.6 Å². The first-order chi connectivity index (χ1) is 10.4. The van der Waals surface area contributed by atoms with Gasteiger partial charge in [0.25, 0.3) is 0 Å². The van der Waals surface area contributed by atoms with Crippen molar-refractivity contribution in [3.63, 3.8) is 0 Å². The maximum Gasteiger partial charge on any atom is 0.418 e. The lowest BCUT2D eigenvalue weighted by molar-refractivity contribution is -0.136. The quantitative estimate of drug-likeness (QED) is 0.926. The highest BCUT2D eigenvalue weighted by Gasteiger charge is 2.34. The van der Waals surface area contributed by atoms with Gasteiger partial charge in [-0.15, -0.1) is 0 Å². The zero-order valence-electron chi connectivity index (χ0n) is 12.3. The average molecular weight is 313 g/mol. The lowest BCUT2D eigenvalue weighted by Gasteiger charge is -2.32. The third-order valence-electron chi connectivity index (χ3n) is 4.35. The molecule has 120 valence electrons. The van der Waals surface area contributed by atoms with Crippen LogP contribution in [-0.2, 0) is 6.18 Å². The zero-order valence-corrected chi connectivity index (χ0v) is 12.3. The van der Waals surface area contributed by atoms with Gasteiger partial charge in [-0.25, -0.2) is 4.79 Å². The molecule has 0 spiro atoms. The van der Waals surface area contributed by atoms with E-state index < -0.39 is 17.4 Å². The number of hydrogen-bond donors (Lipinski definition) is 1. The fraction of sp³-hybridized carbons (Fsp3) is 0.533. The van der Waals surface area contributed by atoms with Crippen molar-refractivity contribution in [2.45, 2.75) is 32.0 Å². The molecule has 1 aliphatic heterocycles. The van der Waals surface area contributed by atoms with E-state index in [-0.39, 0.29) is 11.6 Å². The number of fused-ring (bicyclic) bond motifs is 1. The molecule has 1 aromatic heterocycles. The summed E-state index contributed by atoms with van der Waals surface area (Å²) in [6.45, 7) is 4.58. The fourth-order valence-corrected chi connectivity index (χ4v) is 3.28. The smallest absolute Gasteiger partial charge is 0.305 e. The number of likely N-dealkylation sites (N-methyl/N-ethyl adjacent to an activating group) is 1. The molecule has 1 aromatic carbocycles. The monoisotopic (exact) mass is 313 g/mol. The van der Waals surface area contributed by atoms with E-state index in [4.69, 9.17) is 0 Å². The van der Waals surface area contributed by atoms with Crippen LogP contribution in [0.5, 0.6) is 0 Å². The van der Waals surface area contributed by atoms with Crippen molar-refractivity contribution in [3.8, 4) is 0 Å². The number of nitrogens with zero attached hydrogens (tertiary/aromatic N) is 2. The Kier molecular flexibility index (Phi) is 3.76. The highest BCUT2D eigenvalue weighted by Crippen LogP contribution is 2.34. The fourth-order valence-electron chi connectivity index (χ4n) is 3.28. The number of hydrogen-bond acceptors (Lipinski definition) is 2. The third-order valence-corrected chi connectivity index (χ3v) is 4.35. The second-order valence-corrected chi connectivity index (χ2v) is 5.69. The van der Waals surface area contributed by atoms with Gasteiger partial charge in [-0.1, -0.05) is 13.0 Å². The van der Waals surface area contributed by atoms with E-state index in [1.54, 1.807) is 6.07 Å². The van der Waals surface area contributed by atoms with Crippen LogP contribution in [-0.4, -0.2) is 34.1 Å². The number of aromatic nitrogens is 2. The largest absolute Gasteiger partial charge is 0.418 e. The number of imidazole rings is 1. The molecule has 22 heavy (non-hydrogen) atoms. The summed E-state index contributed by atoms with van der Waals surface area (Å²) in [6.07, 6.45) is -2.73.